The third-order valence-electron chi connectivity index (χ3n) is 2.09. The summed E-state index contributed by atoms with van der Waals surface area (Å²) in [5.74, 6) is 1.48. The third kappa shape index (κ3) is 3.30. The molecule has 0 aliphatic heterocycles. The minimum Gasteiger partial charge on any atom is -0.354 e. The van der Waals surface area contributed by atoms with Gasteiger partial charge in [0.25, 0.3) is 0 Å². The SMILES string of the molecule is CCCNc1nc(Cl)nc(Nc2ccn(C)n2)n1. The van der Waals surface area contributed by atoms with Crippen molar-refractivity contribution in [2.75, 3.05) is 17.2 Å². The molecule has 2 rings (SSSR count). The molecule has 0 bridgehead atoms. The van der Waals surface area contributed by atoms with Crippen molar-refractivity contribution in [3.05, 3.63) is 17.5 Å². The average Bonchev–Trinajstić information content (AvgIpc) is 2.71. The molecule has 0 radical (unpaired) electrons. The minimum absolute atomic E-state index is 0.141. The van der Waals surface area contributed by atoms with Gasteiger partial charge in [0, 0.05) is 25.9 Å². The van der Waals surface area contributed by atoms with Crippen molar-refractivity contribution in [1.29, 1.82) is 0 Å². The van der Waals surface area contributed by atoms with Gasteiger partial charge in [0.15, 0.2) is 5.82 Å². The lowest BCUT2D eigenvalue weighted by Gasteiger charge is -2.05. The molecule has 0 amide bonds. The zero-order valence-electron chi connectivity index (χ0n) is 10.2. The zero-order chi connectivity index (χ0) is 13.0. The molecule has 0 fully saturated rings. The van der Waals surface area contributed by atoms with Crippen LogP contribution in [-0.2, 0) is 7.05 Å². The van der Waals surface area contributed by atoms with Gasteiger partial charge >= 0.3 is 0 Å². The van der Waals surface area contributed by atoms with Gasteiger partial charge in [0.05, 0.1) is 0 Å². The summed E-state index contributed by atoms with van der Waals surface area (Å²) in [7, 11) is 1.83. The Morgan fingerprint density at radius 3 is 2.72 bits per heavy atom. The predicted octanol–water partition coefficient (Wildman–Crippen LogP) is 1.82. The van der Waals surface area contributed by atoms with Gasteiger partial charge in [-0.15, -0.1) is 0 Å². The molecule has 7 nitrogen and oxygen atoms in total. The smallest absolute Gasteiger partial charge is 0.234 e. The van der Waals surface area contributed by atoms with E-state index in [2.05, 4.69) is 37.6 Å². The summed E-state index contributed by atoms with van der Waals surface area (Å²) >= 11 is 5.83. The number of nitrogens with one attached hydrogen (secondary N) is 2. The quantitative estimate of drug-likeness (QED) is 0.860. The summed E-state index contributed by atoms with van der Waals surface area (Å²) in [6.07, 6.45) is 2.80. The van der Waals surface area contributed by atoms with Crippen LogP contribution in [0.2, 0.25) is 5.28 Å². The Labute approximate surface area is 110 Å². The molecule has 2 aromatic heterocycles. The number of halogens is 1. The van der Waals surface area contributed by atoms with Crippen LogP contribution in [0.5, 0.6) is 0 Å². The molecule has 0 saturated carbocycles. The summed E-state index contributed by atoms with van der Waals surface area (Å²) in [6.45, 7) is 2.84. The van der Waals surface area contributed by atoms with Crippen molar-refractivity contribution in [2.24, 2.45) is 7.05 Å². The van der Waals surface area contributed by atoms with Crippen LogP contribution in [0.3, 0.4) is 0 Å². The summed E-state index contributed by atoms with van der Waals surface area (Å²) in [6, 6.07) is 1.82. The molecule has 0 atom stereocenters. The number of hydrogen-bond acceptors (Lipinski definition) is 6. The summed E-state index contributed by atoms with van der Waals surface area (Å²) in [5.41, 5.74) is 0. The third-order valence-corrected chi connectivity index (χ3v) is 2.26. The van der Waals surface area contributed by atoms with Gasteiger partial charge in [-0.05, 0) is 18.0 Å². The number of rotatable bonds is 5. The number of anilines is 3. The van der Waals surface area contributed by atoms with Crippen LogP contribution >= 0.6 is 11.6 Å². The Morgan fingerprint density at radius 1 is 1.28 bits per heavy atom. The van der Waals surface area contributed by atoms with Crippen LogP contribution in [-0.4, -0.2) is 31.3 Å². The second-order valence-electron chi connectivity index (χ2n) is 3.68. The lowest BCUT2D eigenvalue weighted by atomic mass is 10.5. The zero-order valence-corrected chi connectivity index (χ0v) is 10.9. The Hall–Kier alpha value is -1.89. The van der Waals surface area contributed by atoms with Gasteiger partial charge in [-0.3, -0.25) is 4.68 Å². The molecule has 8 heteroatoms. The molecule has 2 heterocycles. The second-order valence-corrected chi connectivity index (χ2v) is 4.02. The fraction of sp³-hybridized carbons (Fsp3) is 0.400. The van der Waals surface area contributed by atoms with E-state index in [0.29, 0.717) is 17.7 Å². The van der Waals surface area contributed by atoms with Gasteiger partial charge in [0.2, 0.25) is 17.2 Å². The van der Waals surface area contributed by atoms with Crippen molar-refractivity contribution >= 4 is 29.3 Å². The molecule has 0 unspecified atom stereocenters. The lowest BCUT2D eigenvalue weighted by Crippen LogP contribution is -2.08. The normalized spacial score (nSPS) is 10.4. The number of hydrogen-bond donors (Lipinski definition) is 2. The largest absolute Gasteiger partial charge is 0.354 e. The highest BCUT2D eigenvalue weighted by Gasteiger charge is 2.06. The molecule has 96 valence electrons. The summed E-state index contributed by atoms with van der Waals surface area (Å²) < 4.78 is 1.68. The molecule has 0 aliphatic rings. The lowest BCUT2D eigenvalue weighted by molar-refractivity contribution is 0.770. The molecular formula is C10H14ClN7. The first-order valence-corrected chi connectivity index (χ1v) is 5.97. The van der Waals surface area contributed by atoms with E-state index < -0.39 is 0 Å². The maximum Gasteiger partial charge on any atom is 0.234 e. The van der Waals surface area contributed by atoms with E-state index in [1.807, 2.05) is 19.3 Å². The maximum atomic E-state index is 5.83. The first kappa shape index (κ1) is 12.6. The van der Waals surface area contributed by atoms with Crippen LogP contribution in [0, 0.1) is 0 Å². The highest BCUT2D eigenvalue weighted by molar-refractivity contribution is 6.28. The fourth-order valence-electron chi connectivity index (χ4n) is 1.32. The van der Waals surface area contributed by atoms with E-state index in [9.17, 15) is 0 Å². The standard InChI is InChI=1S/C10H14ClN7/c1-3-5-12-9-14-8(11)15-10(16-9)13-7-4-6-18(2)17-7/h4,6H,3,5H2,1-2H3,(H2,12,13,14,15,16,17). The van der Waals surface area contributed by atoms with E-state index in [4.69, 9.17) is 11.6 Å². The topological polar surface area (TPSA) is 80.5 Å². The minimum atomic E-state index is 0.141. The Balaban J connectivity index is 2.14. The Morgan fingerprint density at radius 2 is 2.06 bits per heavy atom. The van der Waals surface area contributed by atoms with E-state index in [0.717, 1.165) is 13.0 Å². The molecule has 0 aliphatic carbocycles. The first-order valence-electron chi connectivity index (χ1n) is 5.59. The average molecular weight is 268 g/mol. The summed E-state index contributed by atoms with van der Waals surface area (Å²) in [5, 5.41) is 10.3. The van der Waals surface area contributed by atoms with Crippen LogP contribution in [0.1, 0.15) is 13.3 Å². The van der Waals surface area contributed by atoms with Crippen molar-refractivity contribution in [1.82, 2.24) is 24.7 Å². The van der Waals surface area contributed by atoms with Gasteiger partial charge < -0.3 is 10.6 Å². The van der Waals surface area contributed by atoms with Crippen LogP contribution < -0.4 is 10.6 Å². The van der Waals surface area contributed by atoms with Crippen molar-refractivity contribution in [3.8, 4) is 0 Å². The predicted molar refractivity (Wildman–Crippen MR) is 70.1 cm³/mol. The van der Waals surface area contributed by atoms with Crippen molar-refractivity contribution in [3.63, 3.8) is 0 Å². The maximum absolute atomic E-state index is 5.83. The first-order chi connectivity index (χ1) is 8.67. The summed E-state index contributed by atoms with van der Waals surface area (Å²) in [4.78, 5) is 12.2. The van der Waals surface area contributed by atoms with Crippen LogP contribution in [0.4, 0.5) is 17.7 Å². The monoisotopic (exact) mass is 267 g/mol. The number of aromatic nitrogens is 5. The molecule has 2 N–H and O–H groups in total. The van der Waals surface area contributed by atoms with Gasteiger partial charge in [-0.2, -0.15) is 20.1 Å². The molecule has 0 aromatic carbocycles. The molecular weight excluding hydrogens is 254 g/mol. The highest BCUT2D eigenvalue weighted by Crippen LogP contribution is 2.13. The second kappa shape index (κ2) is 5.63. The molecule has 0 saturated heterocycles. The van der Waals surface area contributed by atoms with E-state index in [1.54, 1.807) is 4.68 Å². The molecule has 0 spiro atoms. The van der Waals surface area contributed by atoms with Crippen molar-refractivity contribution < 1.29 is 0 Å². The van der Waals surface area contributed by atoms with Gasteiger partial charge in [-0.1, -0.05) is 6.92 Å². The number of nitrogens with zero attached hydrogens (tertiary/aromatic N) is 5. The van der Waals surface area contributed by atoms with Crippen LogP contribution in [0.25, 0.3) is 0 Å². The van der Waals surface area contributed by atoms with E-state index in [1.165, 1.54) is 0 Å². The van der Waals surface area contributed by atoms with Crippen molar-refractivity contribution in [2.45, 2.75) is 13.3 Å². The Bertz CT molecular complexity index is 525. The Kier molecular flexibility index (Phi) is 3.93. The molecule has 2 aromatic rings. The molecule has 18 heavy (non-hydrogen) atoms. The van der Waals surface area contributed by atoms with Gasteiger partial charge in [-0.25, -0.2) is 0 Å². The van der Waals surface area contributed by atoms with Gasteiger partial charge in [0.1, 0.15) is 0 Å². The van der Waals surface area contributed by atoms with Crippen LogP contribution in [0.15, 0.2) is 12.3 Å². The number of aryl methyl sites for hydroxylation is 1. The van der Waals surface area contributed by atoms with E-state index >= 15 is 0 Å². The van der Waals surface area contributed by atoms with E-state index in [-0.39, 0.29) is 5.28 Å². The highest BCUT2D eigenvalue weighted by atomic mass is 35.5. The fourth-order valence-corrected chi connectivity index (χ4v) is 1.48.